The van der Waals surface area contributed by atoms with Gasteiger partial charge in [-0.2, -0.15) is 0 Å². The van der Waals surface area contributed by atoms with Crippen LogP contribution in [0.15, 0.2) is 11.6 Å². The maximum Gasteiger partial charge on any atom is 0.310 e. The standard InChI is InChI=1S/C14H19ClO4/c1-4-19-11(16)10-6-9-5-8(2)13(10,3)12(17)14(9,18)7-15/h5,9-10,18H,4,6-7H2,1-3H3. The lowest BCUT2D eigenvalue weighted by Crippen LogP contribution is -2.65. The van der Waals surface area contributed by atoms with Crippen molar-refractivity contribution in [3.63, 3.8) is 0 Å². The number of carbonyl (C=O) groups is 2. The number of hydrogen-bond donors (Lipinski definition) is 1. The van der Waals surface area contributed by atoms with Crippen molar-refractivity contribution in [1.29, 1.82) is 0 Å². The molecule has 4 atom stereocenters. The lowest BCUT2D eigenvalue weighted by atomic mass is 9.50. The van der Waals surface area contributed by atoms with Gasteiger partial charge in [0.1, 0.15) is 5.60 Å². The molecule has 2 bridgehead atoms. The summed E-state index contributed by atoms with van der Waals surface area (Å²) in [5.74, 6) is -1.81. The van der Waals surface area contributed by atoms with Crippen molar-refractivity contribution in [3.05, 3.63) is 11.6 Å². The highest BCUT2D eigenvalue weighted by Gasteiger charge is 2.64. The molecule has 0 radical (unpaired) electrons. The predicted octanol–water partition coefficient (Wildman–Crippen LogP) is 1.69. The Kier molecular flexibility index (Phi) is 3.52. The van der Waals surface area contributed by atoms with Crippen LogP contribution >= 0.6 is 11.6 Å². The average Bonchev–Trinajstić information content (AvgIpc) is 2.38. The van der Waals surface area contributed by atoms with Crippen molar-refractivity contribution >= 4 is 23.4 Å². The predicted molar refractivity (Wildman–Crippen MR) is 70.8 cm³/mol. The first kappa shape index (κ1) is 14.5. The molecule has 19 heavy (non-hydrogen) atoms. The van der Waals surface area contributed by atoms with Gasteiger partial charge in [-0.25, -0.2) is 0 Å². The lowest BCUT2D eigenvalue weighted by Gasteiger charge is -2.53. The Morgan fingerprint density at radius 3 is 2.79 bits per heavy atom. The summed E-state index contributed by atoms with van der Waals surface area (Å²) in [7, 11) is 0. The Bertz CT molecular complexity index is 458. The minimum Gasteiger partial charge on any atom is -0.466 e. The van der Waals surface area contributed by atoms with E-state index in [1.807, 2.05) is 13.0 Å². The summed E-state index contributed by atoms with van der Waals surface area (Å²) in [5.41, 5.74) is -1.75. The summed E-state index contributed by atoms with van der Waals surface area (Å²) in [5, 5.41) is 10.5. The molecule has 3 aliphatic carbocycles. The first-order valence-electron chi connectivity index (χ1n) is 6.51. The smallest absolute Gasteiger partial charge is 0.310 e. The van der Waals surface area contributed by atoms with E-state index in [1.165, 1.54) is 0 Å². The molecule has 0 aliphatic heterocycles. The summed E-state index contributed by atoms with van der Waals surface area (Å²) in [6.07, 6.45) is 2.28. The summed E-state index contributed by atoms with van der Waals surface area (Å²) < 4.78 is 5.06. The molecular weight excluding hydrogens is 268 g/mol. The number of hydrogen-bond acceptors (Lipinski definition) is 4. The highest BCUT2D eigenvalue weighted by atomic mass is 35.5. The van der Waals surface area contributed by atoms with Gasteiger partial charge in [-0.3, -0.25) is 9.59 Å². The van der Waals surface area contributed by atoms with Gasteiger partial charge in [0.25, 0.3) is 0 Å². The zero-order valence-corrected chi connectivity index (χ0v) is 12.2. The fourth-order valence-corrected chi connectivity index (χ4v) is 3.65. The SMILES string of the molecule is CCOC(=O)C1CC2C=C(C)C1(C)C(=O)C2(O)CCl. The summed E-state index contributed by atoms with van der Waals surface area (Å²) in [4.78, 5) is 24.7. The van der Waals surface area contributed by atoms with Crippen molar-refractivity contribution in [2.45, 2.75) is 32.8 Å². The van der Waals surface area contributed by atoms with Gasteiger partial charge in [-0.05, 0) is 27.2 Å². The summed E-state index contributed by atoms with van der Waals surface area (Å²) >= 11 is 5.79. The zero-order valence-electron chi connectivity index (χ0n) is 11.4. The second kappa shape index (κ2) is 4.60. The van der Waals surface area contributed by atoms with E-state index in [0.717, 1.165) is 5.57 Å². The number of aliphatic hydroxyl groups is 1. The lowest BCUT2D eigenvalue weighted by molar-refractivity contribution is -0.173. The third-order valence-corrected chi connectivity index (χ3v) is 5.12. The minimum absolute atomic E-state index is 0.147. The first-order valence-corrected chi connectivity index (χ1v) is 7.04. The maximum atomic E-state index is 12.6. The van der Waals surface area contributed by atoms with Crippen LogP contribution in [-0.4, -0.2) is 34.9 Å². The number of halogens is 1. The van der Waals surface area contributed by atoms with Gasteiger partial charge < -0.3 is 9.84 Å². The molecule has 0 spiro atoms. The molecule has 5 heteroatoms. The molecule has 0 amide bonds. The van der Waals surface area contributed by atoms with Crippen molar-refractivity contribution in [3.8, 4) is 0 Å². The molecule has 4 unspecified atom stereocenters. The molecule has 1 N–H and O–H groups in total. The van der Waals surface area contributed by atoms with E-state index in [-0.39, 0.29) is 24.2 Å². The number of alkyl halides is 1. The van der Waals surface area contributed by atoms with Crippen LogP contribution < -0.4 is 0 Å². The van der Waals surface area contributed by atoms with Gasteiger partial charge >= 0.3 is 5.97 Å². The molecule has 0 aromatic rings. The molecule has 3 rings (SSSR count). The molecule has 0 saturated heterocycles. The van der Waals surface area contributed by atoms with Crippen LogP contribution in [0.25, 0.3) is 0 Å². The largest absolute Gasteiger partial charge is 0.466 e. The number of ether oxygens (including phenoxy) is 1. The molecule has 106 valence electrons. The van der Waals surface area contributed by atoms with E-state index in [0.29, 0.717) is 6.42 Å². The topological polar surface area (TPSA) is 63.6 Å². The third-order valence-electron chi connectivity index (χ3n) is 4.71. The number of Topliss-reactive ketones (excluding diaryl/α,β-unsaturated/α-hetero) is 1. The fraction of sp³-hybridized carbons (Fsp3) is 0.714. The molecular formula is C14H19ClO4. The number of allylic oxidation sites excluding steroid dienone is 1. The Hall–Kier alpha value is -0.870. The third kappa shape index (κ3) is 1.77. The highest BCUT2D eigenvalue weighted by Crippen LogP contribution is 2.55. The Morgan fingerprint density at radius 1 is 1.63 bits per heavy atom. The molecule has 1 saturated carbocycles. The minimum atomic E-state index is -1.56. The van der Waals surface area contributed by atoms with Gasteiger partial charge in [-0.1, -0.05) is 11.6 Å². The number of fused-ring (bicyclic) bond motifs is 2. The van der Waals surface area contributed by atoms with Crippen LogP contribution in [0.5, 0.6) is 0 Å². The van der Waals surface area contributed by atoms with Crippen molar-refractivity contribution in [2.75, 3.05) is 12.5 Å². The molecule has 0 heterocycles. The number of ketones is 1. The molecule has 1 fully saturated rings. The second-order valence-electron chi connectivity index (χ2n) is 5.59. The van der Waals surface area contributed by atoms with Crippen LogP contribution in [-0.2, 0) is 14.3 Å². The van der Waals surface area contributed by atoms with Gasteiger partial charge in [0.2, 0.25) is 0 Å². The molecule has 3 aliphatic rings. The monoisotopic (exact) mass is 286 g/mol. The van der Waals surface area contributed by atoms with Crippen LogP contribution in [0.4, 0.5) is 0 Å². The average molecular weight is 287 g/mol. The summed E-state index contributed by atoms with van der Waals surface area (Å²) in [6.45, 7) is 5.55. The van der Waals surface area contributed by atoms with Crippen LogP contribution in [0, 0.1) is 17.3 Å². The van der Waals surface area contributed by atoms with Crippen LogP contribution in [0.1, 0.15) is 27.2 Å². The molecule has 0 aromatic carbocycles. The quantitative estimate of drug-likeness (QED) is 0.487. The number of esters is 1. The molecule has 4 nitrogen and oxygen atoms in total. The van der Waals surface area contributed by atoms with Crippen LogP contribution in [0.3, 0.4) is 0 Å². The number of rotatable bonds is 3. The van der Waals surface area contributed by atoms with E-state index < -0.39 is 22.9 Å². The van der Waals surface area contributed by atoms with Crippen molar-refractivity contribution in [2.24, 2.45) is 17.3 Å². The van der Waals surface area contributed by atoms with Gasteiger partial charge in [0.05, 0.1) is 23.8 Å². The normalized spacial score (nSPS) is 41.1. The first-order chi connectivity index (χ1) is 8.82. The summed E-state index contributed by atoms with van der Waals surface area (Å²) in [6, 6.07) is 0. The van der Waals surface area contributed by atoms with E-state index in [4.69, 9.17) is 16.3 Å². The van der Waals surface area contributed by atoms with Gasteiger partial charge in [0, 0.05) is 5.92 Å². The number of carbonyl (C=O) groups excluding carboxylic acids is 2. The van der Waals surface area contributed by atoms with Crippen molar-refractivity contribution in [1.82, 2.24) is 0 Å². The fourth-order valence-electron chi connectivity index (χ4n) is 3.33. The van der Waals surface area contributed by atoms with E-state index in [1.54, 1.807) is 13.8 Å². The maximum absolute atomic E-state index is 12.6. The second-order valence-corrected chi connectivity index (χ2v) is 5.85. The van der Waals surface area contributed by atoms with Crippen molar-refractivity contribution < 1.29 is 19.4 Å². The molecule has 0 aromatic heterocycles. The van der Waals surface area contributed by atoms with E-state index >= 15 is 0 Å². The van der Waals surface area contributed by atoms with Gasteiger partial charge in [-0.15, -0.1) is 11.6 Å². The zero-order chi connectivity index (χ0) is 14.4. The Balaban J connectivity index is 2.46. The Labute approximate surface area is 117 Å². The van der Waals surface area contributed by atoms with Gasteiger partial charge in [0.15, 0.2) is 5.78 Å². The highest BCUT2D eigenvalue weighted by molar-refractivity contribution is 6.21. The van der Waals surface area contributed by atoms with E-state index in [2.05, 4.69) is 0 Å². The van der Waals surface area contributed by atoms with E-state index in [9.17, 15) is 14.7 Å². The van der Waals surface area contributed by atoms with Crippen LogP contribution in [0.2, 0.25) is 0 Å². The Morgan fingerprint density at radius 2 is 2.26 bits per heavy atom.